The molecule has 0 rings (SSSR count). The van der Waals surface area contributed by atoms with Crippen molar-refractivity contribution < 1.29 is 9.53 Å². The summed E-state index contributed by atoms with van der Waals surface area (Å²) in [5, 5.41) is 0. The Morgan fingerprint density at radius 3 is 2.29 bits per heavy atom. The Hall–Kier alpha value is -1.57. The zero-order valence-electron chi connectivity index (χ0n) is 10.8. The minimum Gasteiger partial charge on any atom is -0.466 e. The molecule has 0 aromatic rings. The molecule has 0 heterocycles. The highest BCUT2D eigenvalue weighted by molar-refractivity contribution is 5.82. The van der Waals surface area contributed by atoms with E-state index in [0.29, 0.717) is 0 Å². The first-order valence-electron chi connectivity index (χ1n) is 6.05. The number of carbonyl (C=O) groups is 1. The number of unbranched alkanes of at least 4 members (excludes halogenated alkanes) is 3. The molecule has 0 unspecified atom stereocenters. The summed E-state index contributed by atoms with van der Waals surface area (Å²) < 4.78 is 4.45. The van der Waals surface area contributed by atoms with E-state index >= 15 is 0 Å². The first-order valence-corrected chi connectivity index (χ1v) is 6.05. The predicted octanol–water partition coefficient (Wildman–Crippen LogP) is 3.96. The van der Waals surface area contributed by atoms with Gasteiger partial charge in [0.2, 0.25) is 0 Å². The average molecular weight is 234 g/mol. The van der Waals surface area contributed by atoms with Crippen molar-refractivity contribution in [2.24, 2.45) is 0 Å². The maximum Gasteiger partial charge on any atom is 0.330 e. The van der Waals surface area contributed by atoms with Crippen molar-refractivity contribution in [3.8, 4) is 0 Å². The predicted molar refractivity (Wildman–Crippen MR) is 72.7 cm³/mol. The van der Waals surface area contributed by atoms with Crippen molar-refractivity contribution in [3.63, 3.8) is 0 Å². The van der Waals surface area contributed by atoms with Crippen LogP contribution in [0.15, 0.2) is 48.6 Å². The van der Waals surface area contributed by atoms with Crippen molar-refractivity contribution in [3.05, 3.63) is 48.6 Å². The van der Waals surface area contributed by atoms with E-state index in [2.05, 4.69) is 17.7 Å². The molecular weight excluding hydrogens is 212 g/mol. The van der Waals surface area contributed by atoms with Gasteiger partial charge in [0.1, 0.15) is 0 Å². The number of ether oxygens (including phenoxy) is 1. The van der Waals surface area contributed by atoms with Gasteiger partial charge in [-0.3, -0.25) is 0 Å². The van der Waals surface area contributed by atoms with Crippen LogP contribution in [-0.2, 0) is 9.53 Å². The summed E-state index contributed by atoms with van der Waals surface area (Å²) >= 11 is 0. The summed E-state index contributed by atoms with van der Waals surface area (Å²) in [7, 11) is 1.36. The molecule has 0 bridgehead atoms. The summed E-state index contributed by atoms with van der Waals surface area (Å²) in [5.41, 5.74) is 0. The van der Waals surface area contributed by atoms with Crippen molar-refractivity contribution in [1.82, 2.24) is 0 Å². The Morgan fingerprint density at radius 1 is 1.00 bits per heavy atom. The van der Waals surface area contributed by atoms with Crippen LogP contribution in [0.5, 0.6) is 0 Å². The van der Waals surface area contributed by atoms with Crippen LogP contribution in [0.1, 0.15) is 32.6 Å². The van der Waals surface area contributed by atoms with Crippen molar-refractivity contribution >= 4 is 5.97 Å². The molecule has 0 aliphatic rings. The summed E-state index contributed by atoms with van der Waals surface area (Å²) in [6.07, 6.45) is 19.8. The fraction of sp³-hybridized carbons (Fsp3) is 0.400. The van der Waals surface area contributed by atoms with E-state index < -0.39 is 0 Å². The topological polar surface area (TPSA) is 26.3 Å². The van der Waals surface area contributed by atoms with Crippen LogP contribution in [-0.4, -0.2) is 13.1 Å². The van der Waals surface area contributed by atoms with Gasteiger partial charge in [-0.25, -0.2) is 4.79 Å². The van der Waals surface area contributed by atoms with E-state index in [-0.39, 0.29) is 5.97 Å². The molecule has 0 fully saturated rings. The van der Waals surface area contributed by atoms with Crippen molar-refractivity contribution in [1.29, 1.82) is 0 Å². The first kappa shape index (κ1) is 15.4. The number of hydrogen-bond acceptors (Lipinski definition) is 2. The molecule has 94 valence electrons. The van der Waals surface area contributed by atoms with Gasteiger partial charge in [0.15, 0.2) is 0 Å². The standard InChI is InChI=1S/C15H22O2/c1-3-4-5-6-7-8-9-10-11-12-13-14-15(16)17-2/h7-14H,3-6H2,1-2H3/b8-7+,10-9+,12-11+,14-13+. The number of hydrogen-bond donors (Lipinski definition) is 0. The fourth-order valence-corrected chi connectivity index (χ4v) is 1.15. The quantitative estimate of drug-likeness (QED) is 0.275. The molecule has 0 aromatic heterocycles. The lowest BCUT2D eigenvalue weighted by Crippen LogP contribution is -1.92. The Kier molecular flexibility index (Phi) is 11.3. The molecule has 0 saturated carbocycles. The van der Waals surface area contributed by atoms with Gasteiger partial charge in [0, 0.05) is 6.08 Å². The van der Waals surface area contributed by atoms with E-state index in [1.807, 2.05) is 24.3 Å². The van der Waals surface area contributed by atoms with Crippen molar-refractivity contribution in [2.75, 3.05) is 7.11 Å². The SMILES string of the molecule is CCCCC/C=C/C=C/C=C/C=C/C(=O)OC. The third-order valence-electron chi connectivity index (χ3n) is 2.10. The summed E-state index contributed by atoms with van der Waals surface area (Å²) in [6, 6.07) is 0. The molecule has 0 saturated heterocycles. The van der Waals surface area contributed by atoms with Gasteiger partial charge in [0.25, 0.3) is 0 Å². The molecule has 0 amide bonds. The van der Waals surface area contributed by atoms with Gasteiger partial charge in [-0.15, -0.1) is 0 Å². The third-order valence-corrected chi connectivity index (χ3v) is 2.10. The smallest absolute Gasteiger partial charge is 0.330 e. The third kappa shape index (κ3) is 12.4. The van der Waals surface area contributed by atoms with Gasteiger partial charge in [-0.05, 0) is 12.8 Å². The summed E-state index contributed by atoms with van der Waals surface area (Å²) in [5.74, 6) is -0.338. The largest absolute Gasteiger partial charge is 0.466 e. The Morgan fingerprint density at radius 2 is 1.65 bits per heavy atom. The number of carbonyl (C=O) groups excluding carboxylic acids is 1. The van der Waals surface area contributed by atoms with Gasteiger partial charge in [0.05, 0.1) is 7.11 Å². The Balaban J connectivity index is 3.62. The molecule has 0 atom stereocenters. The van der Waals surface area contributed by atoms with Crippen LogP contribution < -0.4 is 0 Å². The molecule has 0 spiro atoms. The van der Waals surface area contributed by atoms with E-state index in [9.17, 15) is 4.79 Å². The Bertz CT molecular complexity index is 296. The highest BCUT2D eigenvalue weighted by Gasteiger charge is 1.85. The normalized spacial score (nSPS) is 12.4. The minimum atomic E-state index is -0.338. The zero-order valence-corrected chi connectivity index (χ0v) is 10.8. The molecule has 0 radical (unpaired) electrons. The van der Waals surface area contributed by atoms with E-state index in [1.54, 1.807) is 12.2 Å². The molecule has 0 aliphatic heterocycles. The number of allylic oxidation sites excluding steroid dienone is 7. The molecular formula is C15H22O2. The lowest BCUT2D eigenvalue weighted by atomic mass is 10.2. The van der Waals surface area contributed by atoms with Crippen LogP contribution in [0.25, 0.3) is 0 Å². The molecule has 0 aromatic carbocycles. The second kappa shape index (κ2) is 12.5. The fourth-order valence-electron chi connectivity index (χ4n) is 1.15. The Labute approximate surface area is 104 Å². The van der Waals surface area contributed by atoms with Crippen LogP contribution >= 0.6 is 0 Å². The monoisotopic (exact) mass is 234 g/mol. The van der Waals surface area contributed by atoms with Gasteiger partial charge < -0.3 is 4.74 Å². The van der Waals surface area contributed by atoms with Crippen molar-refractivity contribution in [2.45, 2.75) is 32.6 Å². The lowest BCUT2D eigenvalue weighted by molar-refractivity contribution is -0.134. The van der Waals surface area contributed by atoms with Gasteiger partial charge in [-0.1, -0.05) is 62.3 Å². The van der Waals surface area contributed by atoms with E-state index in [4.69, 9.17) is 0 Å². The van der Waals surface area contributed by atoms with E-state index in [1.165, 1.54) is 32.4 Å². The van der Waals surface area contributed by atoms with Gasteiger partial charge >= 0.3 is 5.97 Å². The maximum atomic E-state index is 10.7. The van der Waals surface area contributed by atoms with Crippen LogP contribution in [0.2, 0.25) is 0 Å². The zero-order chi connectivity index (χ0) is 12.8. The number of rotatable bonds is 8. The molecule has 0 N–H and O–H groups in total. The highest BCUT2D eigenvalue weighted by Crippen LogP contribution is 1.99. The molecule has 0 aliphatic carbocycles. The molecule has 17 heavy (non-hydrogen) atoms. The summed E-state index contributed by atoms with van der Waals surface area (Å²) in [6.45, 7) is 2.20. The van der Waals surface area contributed by atoms with Crippen LogP contribution in [0, 0.1) is 0 Å². The first-order chi connectivity index (χ1) is 8.31. The summed E-state index contributed by atoms with van der Waals surface area (Å²) in [4.78, 5) is 10.7. The average Bonchev–Trinajstić information content (AvgIpc) is 2.35. The van der Waals surface area contributed by atoms with Crippen LogP contribution in [0.3, 0.4) is 0 Å². The molecule has 2 heteroatoms. The van der Waals surface area contributed by atoms with Crippen LogP contribution in [0.4, 0.5) is 0 Å². The highest BCUT2D eigenvalue weighted by atomic mass is 16.5. The lowest BCUT2D eigenvalue weighted by Gasteiger charge is -1.89. The number of methoxy groups -OCH3 is 1. The minimum absolute atomic E-state index is 0.338. The second-order valence-corrected chi connectivity index (χ2v) is 3.58. The second-order valence-electron chi connectivity index (χ2n) is 3.58. The maximum absolute atomic E-state index is 10.7. The van der Waals surface area contributed by atoms with Gasteiger partial charge in [-0.2, -0.15) is 0 Å². The number of esters is 1. The van der Waals surface area contributed by atoms with E-state index in [0.717, 1.165) is 6.42 Å². The molecule has 2 nitrogen and oxygen atoms in total.